The Morgan fingerprint density at radius 2 is 1.61 bits per heavy atom. The molecule has 0 fully saturated rings. The van der Waals surface area contributed by atoms with E-state index < -0.39 is 0 Å². The number of ether oxygens (including phenoxy) is 2. The number of benzene rings is 3. The van der Waals surface area contributed by atoms with E-state index in [4.69, 9.17) is 15.2 Å². The average Bonchev–Trinajstić information content (AvgIpc) is 2.81. The lowest BCUT2D eigenvalue weighted by molar-refractivity contribution is -0.123. The third-order valence-electron chi connectivity index (χ3n) is 4.34. The minimum absolute atomic E-state index is 0. The van der Waals surface area contributed by atoms with Gasteiger partial charge in [-0.05, 0) is 41.0 Å². The third kappa shape index (κ3) is 7.44. The molecular formula is C24H25ClN2O4. The summed E-state index contributed by atoms with van der Waals surface area (Å²) in [4.78, 5) is 24.0. The van der Waals surface area contributed by atoms with Gasteiger partial charge in [-0.3, -0.25) is 4.79 Å². The van der Waals surface area contributed by atoms with Crippen LogP contribution in [-0.4, -0.2) is 31.6 Å². The summed E-state index contributed by atoms with van der Waals surface area (Å²) < 4.78 is 10.9. The van der Waals surface area contributed by atoms with Crippen LogP contribution in [0.1, 0.15) is 15.9 Å². The van der Waals surface area contributed by atoms with Crippen LogP contribution < -0.4 is 15.8 Å². The highest BCUT2D eigenvalue weighted by molar-refractivity contribution is 5.91. The van der Waals surface area contributed by atoms with Crippen molar-refractivity contribution in [1.82, 2.24) is 5.32 Å². The lowest BCUT2D eigenvalue weighted by atomic mass is 10.0. The van der Waals surface area contributed by atoms with Crippen LogP contribution in [-0.2, 0) is 16.1 Å². The van der Waals surface area contributed by atoms with Gasteiger partial charge in [0.05, 0.1) is 5.56 Å². The molecule has 31 heavy (non-hydrogen) atoms. The average molecular weight is 441 g/mol. The molecule has 0 saturated heterocycles. The van der Waals surface area contributed by atoms with E-state index in [0.29, 0.717) is 24.4 Å². The van der Waals surface area contributed by atoms with Crippen molar-refractivity contribution >= 4 is 24.3 Å². The standard InChI is InChI=1S/C24H24N2O4.ClH/c25-13-14-26-23(27)17-29-22-11-9-19(10-12-22)20-7-4-8-21(15-20)24(28)30-16-18-5-2-1-3-6-18;/h1-12,15H,13-14,16-17,25H2,(H,26,27);1H. The van der Waals surface area contributed by atoms with Gasteiger partial charge in [-0.1, -0.05) is 54.6 Å². The highest BCUT2D eigenvalue weighted by atomic mass is 35.5. The minimum atomic E-state index is -0.371. The Bertz CT molecular complexity index is 978. The molecule has 0 aromatic heterocycles. The molecule has 0 saturated carbocycles. The van der Waals surface area contributed by atoms with Gasteiger partial charge in [0.15, 0.2) is 6.61 Å². The van der Waals surface area contributed by atoms with Gasteiger partial charge in [0.2, 0.25) is 0 Å². The first-order valence-electron chi connectivity index (χ1n) is 9.67. The number of hydrogen-bond acceptors (Lipinski definition) is 5. The van der Waals surface area contributed by atoms with Gasteiger partial charge in [-0.25, -0.2) is 4.79 Å². The molecule has 0 aliphatic rings. The van der Waals surface area contributed by atoms with Gasteiger partial charge in [-0.2, -0.15) is 0 Å². The zero-order valence-corrected chi connectivity index (χ0v) is 17.8. The fraction of sp³-hybridized carbons (Fsp3) is 0.167. The van der Waals surface area contributed by atoms with Gasteiger partial charge < -0.3 is 20.5 Å². The van der Waals surface area contributed by atoms with Crippen molar-refractivity contribution in [2.45, 2.75) is 6.61 Å². The Morgan fingerprint density at radius 1 is 0.871 bits per heavy atom. The first-order valence-corrected chi connectivity index (χ1v) is 9.67. The van der Waals surface area contributed by atoms with E-state index in [1.165, 1.54) is 0 Å². The number of nitrogens with two attached hydrogens (primary N) is 1. The van der Waals surface area contributed by atoms with Crippen molar-refractivity contribution in [3.8, 4) is 16.9 Å². The Morgan fingerprint density at radius 3 is 2.32 bits per heavy atom. The Hall–Kier alpha value is -3.35. The largest absolute Gasteiger partial charge is 0.484 e. The summed E-state index contributed by atoms with van der Waals surface area (Å²) in [6.07, 6.45) is 0. The van der Waals surface area contributed by atoms with E-state index in [1.807, 2.05) is 54.6 Å². The molecule has 3 rings (SSSR count). The van der Waals surface area contributed by atoms with Crippen LogP contribution in [0.15, 0.2) is 78.9 Å². The van der Waals surface area contributed by atoms with Crippen LogP contribution >= 0.6 is 12.4 Å². The SMILES string of the molecule is Cl.NCCNC(=O)COc1ccc(-c2cccc(C(=O)OCc3ccccc3)c2)cc1. The highest BCUT2D eigenvalue weighted by Gasteiger charge is 2.09. The maximum Gasteiger partial charge on any atom is 0.338 e. The lowest BCUT2D eigenvalue weighted by Crippen LogP contribution is -2.32. The van der Waals surface area contributed by atoms with Gasteiger partial charge in [-0.15, -0.1) is 12.4 Å². The van der Waals surface area contributed by atoms with Crippen LogP contribution in [0.3, 0.4) is 0 Å². The lowest BCUT2D eigenvalue weighted by Gasteiger charge is -2.09. The summed E-state index contributed by atoms with van der Waals surface area (Å²) in [5, 5.41) is 2.64. The molecule has 162 valence electrons. The van der Waals surface area contributed by atoms with Gasteiger partial charge in [0.25, 0.3) is 5.91 Å². The predicted octanol–water partition coefficient (Wildman–Crippen LogP) is 3.59. The molecule has 3 aromatic carbocycles. The monoisotopic (exact) mass is 440 g/mol. The Balaban J connectivity index is 0.00000341. The maximum atomic E-state index is 12.4. The molecule has 6 nitrogen and oxygen atoms in total. The molecule has 3 N–H and O–H groups in total. The smallest absolute Gasteiger partial charge is 0.338 e. The molecule has 0 spiro atoms. The fourth-order valence-corrected chi connectivity index (χ4v) is 2.79. The number of carbonyl (C=O) groups excluding carboxylic acids is 2. The number of carbonyl (C=O) groups is 2. The highest BCUT2D eigenvalue weighted by Crippen LogP contribution is 2.24. The van der Waals surface area contributed by atoms with Crippen molar-refractivity contribution < 1.29 is 19.1 Å². The van der Waals surface area contributed by atoms with E-state index >= 15 is 0 Å². The summed E-state index contributed by atoms with van der Waals surface area (Å²) in [5.41, 5.74) is 8.58. The normalized spacial score (nSPS) is 9.97. The van der Waals surface area contributed by atoms with E-state index in [1.54, 1.807) is 24.3 Å². The fourth-order valence-electron chi connectivity index (χ4n) is 2.79. The molecule has 3 aromatic rings. The van der Waals surface area contributed by atoms with Crippen molar-refractivity contribution in [1.29, 1.82) is 0 Å². The molecule has 0 heterocycles. The first-order chi connectivity index (χ1) is 14.7. The minimum Gasteiger partial charge on any atom is -0.484 e. The topological polar surface area (TPSA) is 90.6 Å². The van der Waals surface area contributed by atoms with Crippen molar-refractivity contribution in [2.24, 2.45) is 5.73 Å². The van der Waals surface area contributed by atoms with Gasteiger partial charge in [0, 0.05) is 13.1 Å². The molecule has 0 radical (unpaired) electrons. The quantitative estimate of drug-likeness (QED) is 0.496. The predicted molar refractivity (Wildman–Crippen MR) is 122 cm³/mol. The van der Waals surface area contributed by atoms with Crippen LogP contribution in [0, 0.1) is 0 Å². The number of rotatable bonds is 9. The van der Waals surface area contributed by atoms with Crippen LogP contribution in [0.5, 0.6) is 5.75 Å². The van der Waals surface area contributed by atoms with E-state index in [0.717, 1.165) is 16.7 Å². The summed E-state index contributed by atoms with van der Waals surface area (Å²) >= 11 is 0. The molecule has 0 unspecified atom stereocenters. The van der Waals surface area contributed by atoms with Crippen molar-refractivity contribution in [2.75, 3.05) is 19.7 Å². The molecule has 0 aliphatic carbocycles. The Kier molecular flexibility index (Phi) is 9.55. The third-order valence-corrected chi connectivity index (χ3v) is 4.34. The second-order valence-corrected chi connectivity index (χ2v) is 6.59. The van der Waals surface area contributed by atoms with Crippen LogP contribution in [0.4, 0.5) is 0 Å². The number of amides is 1. The number of halogens is 1. The molecule has 0 bridgehead atoms. The maximum absolute atomic E-state index is 12.4. The van der Waals surface area contributed by atoms with Crippen LogP contribution in [0.2, 0.25) is 0 Å². The number of hydrogen-bond donors (Lipinski definition) is 2. The summed E-state index contributed by atoms with van der Waals surface area (Å²) in [7, 11) is 0. The summed E-state index contributed by atoms with van der Waals surface area (Å²) in [5.74, 6) is -0.00420. The van der Waals surface area contributed by atoms with Crippen LogP contribution in [0.25, 0.3) is 11.1 Å². The second-order valence-electron chi connectivity index (χ2n) is 6.59. The molecular weight excluding hydrogens is 416 g/mol. The first kappa shape index (κ1) is 23.9. The molecule has 0 atom stereocenters. The van der Waals surface area contributed by atoms with E-state index in [-0.39, 0.29) is 37.5 Å². The van der Waals surface area contributed by atoms with Gasteiger partial charge >= 0.3 is 5.97 Å². The Labute approximate surface area is 187 Å². The van der Waals surface area contributed by atoms with E-state index in [2.05, 4.69) is 5.32 Å². The molecule has 1 amide bonds. The van der Waals surface area contributed by atoms with Gasteiger partial charge in [0.1, 0.15) is 12.4 Å². The summed E-state index contributed by atoms with van der Waals surface area (Å²) in [6, 6.07) is 24.1. The molecule has 7 heteroatoms. The zero-order valence-electron chi connectivity index (χ0n) is 17.0. The summed E-state index contributed by atoms with van der Waals surface area (Å²) in [6.45, 7) is 0.974. The number of esters is 1. The van der Waals surface area contributed by atoms with E-state index in [9.17, 15) is 9.59 Å². The van der Waals surface area contributed by atoms with Crippen molar-refractivity contribution in [3.63, 3.8) is 0 Å². The van der Waals surface area contributed by atoms with Crippen molar-refractivity contribution in [3.05, 3.63) is 90.0 Å². The zero-order chi connectivity index (χ0) is 21.2. The number of nitrogens with one attached hydrogen (secondary N) is 1. The second kappa shape index (κ2) is 12.4. The molecule has 0 aliphatic heterocycles.